The molecule has 0 bridgehead atoms. The Balaban J connectivity index is 1.41. The van der Waals surface area contributed by atoms with Crippen LogP contribution in [0.1, 0.15) is 31.4 Å². The third kappa shape index (κ3) is 4.10. The van der Waals surface area contributed by atoms with E-state index < -0.39 is 0 Å². The van der Waals surface area contributed by atoms with Crippen LogP contribution in [0.5, 0.6) is 0 Å². The Morgan fingerprint density at radius 2 is 1.88 bits per heavy atom. The highest BCUT2D eigenvalue weighted by atomic mass is 32.1. The van der Waals surface area contributed by atoms with Gasteiger partial charge in [-0.15, -0.1) is 0 Å². The van der Waals surface area contributed by atoms with Gasteiger partial charge < -0.3 is 19.1 Å². The van der Waals surface area contributed by atoms with Crippen LogP contribution < -0.4 is 4.90 Å². The molecule has 2 aliphatic heterocycles. The van der Waals surface area contributed by atoms with Crippen LogP contribution in [0.25, 0.3) is 10.6 Å². The quantitative estimate of drug-likeness (QED) is 0.777. The van der Waals surface area contributed by atoms with Crippen molar-refractivity contribution in [2.24, 2.45) is 0 Å². The topological polar surface area (TPSA) is 46.4 Å². The second-order valence-electron chi connectivity index (χ2n) is 7.24. The number of hydrogen-bond acceptors (Lipinski definition) is 6. The van der Waals surface area contributed by atoms with E-state index in [1.807, 2.05) is 12.5 Å². The molecular weight excluding hydrogens is 346 g/mol. The van der Waals surface area contributed by atoms with E-state index in [-0.39, 0.29) is 0 Å². The molecule has 7 heteroatoms. The molecule has 0 radical (unpaired) electrons. The van der Waals surface area contributed by atoms with Gasteiger partial charge in [0.1, 0.15) is 0 Å². The van der Waals surface area contributed by atoms with Crippen LogP contribution in [0.3, 0.4) is 0 Å². The normalized spacial score (nSPS) is 19.2. The van der Waals surface area contributed by atoms with E-state index in [1.165, 1.54) is 55.9 Å². The van der Waals surface area contributed by atoms with E-state index in [2.05, 4.69) is 26.3 Å². The van der Waals surface area contributed by atoms with Gasteiger partial charge in [-0.05, 0) is 45.8 Å². The standard InChI is InChI=1S/C19H29N5OS/c1-16-18(26-19(21-16)23-10-12-25-13-11-23)17-14-20-15-24(17)9-5-8-22-6-3-2-4-7-22/h14-15H,2-13H2,1H3. The number of aromatic nitrogens is 3. The second kappa shape index (κ2) is 8.50. The van der Waals surface area contributed by atoms with Crippen LogP contribution in [0.2, 0.25) is 0 Å². The smallest absolute Gasteiger partial charge is 0.186 e. The van der Waals surface area contributed by atoms with Gasteiger partial charge in [0, 0.05) is 19.6 Å². The van der Waals surface area contributed by atoms with Crippen molar-refractivity contribution >= 4 is 16.5 Å². The molecule has 6 nitrogen and oxygen atoms in total. The zero-order chi connectivity index (χ0) is 17.8. The molecule has 2 fully saturated rings. The van der Waals surface area contributed by atoms with Gasteiger partial charge in [-0.3, -0.25) is 0 Å². The number of nitrogens with zero attached hydrogens (tertiary/aromatic N) is 5. The highest BCUT2D eigenvalue weighted by Crippen LogP contribution is 2.34. The molecule has 0 amide bonds. The molecule has 26 heavy (non-hydrogen) atoms. The van der Waals surface area contributed by atoms with Crippen molar-refractivity contribution in [1.29, 1.82) is 0 Å². The van der Waals surface area contributed by atoms with Gasteiger partial charge in [0.15, 0.2) is 5.13 Å². The van der Waals surface area contributed by atoms with Gasteiger partial charge in [-0.1, -0.05) is 17.8 Å². The summed E-state index contributed by atoms with van der Waals surface area (Å²) in [5, 5.41) is 1.11. The summed E-state index contributed by atoms with van der Waals surface area (Å²) in [7, 11) is 0. The van der Waals surface area contributed by atoms with Crippen molar-refractivity contribution in [3.05, 3.63) is 18.2 Å². The van der Waals surface area contributed by atoms with Crippen LogP contribution in [0.15, 0.2) is 12.5 Å². The maximum Gasteiger partial charge on any atom is 0.186 e. The Labute approximate surface area is 159 Å². The first-order valence-corrected chi connectivity index (χ1v) is 10.7. The molecule has 2 aromatic heterocycles. The molecule has 0 aliphatic carbocycles. The third-order valence-electron chi connectivity index (χ3n) is 5.33. The van der Waals surface area contributed by atoms with E-state index in [0.717, 1.165) is 43.7 Å². The van der Waals surface area contributed by atoms with E-state index in [4.69, 9.17) is 9.72 Å². The third-order valence-corrected chi connectivity index (χ3v) is 6.57. The van der Waals surface area contributed by atoms with E-state index >= 15 is 0 Å². The molecule has 0 saturated carbocycles. The van der Waals surface area contributed by atoms with E-state index in [1.54, 1.807) is 11.3 Å². The first-order chi connectivity index (χ1) is 12.8. The predicted molar refractivity (Wildman–Crippen MR) is 106 cm³/mol. The van der Waals surface area contributed by atoms with E-state index in [0.29, 0.717) is 0 Å². The fourth-order valence-corrected chi connectivity index (χ4v) is 4.99. The minimum atomic E-state index is 0.794. The van der Waals surface area contributed by atoms with Gasteiger partial charge in [-0.2, -0.15) is 0 Å². The minimum Gasteiger partial charge on any atom is -0.378 e. The number of anilines is 1. The molecule has 0 unspecified atom stereocenters. The SMILES string of the molecule is Cc1nc(N2CCOCC2)sc1-c1cncn1CCCN1CCCCC1. The maximum absolute atomic E-state index is 5.46. The lowest BCUT2D eigenvalue weighted by Crippen LogP contribution is -2.36. The van der Waals surface area contributed by atoms with Crippen molar-refractivity contribution < 1.29 is 4.74 Å². The second-order valence-corrected chi connectivity index (χ2v) is 8.22. The van der Waals surface area contributed by atoms with Gasteiger partial charge in [0.2, 0.25) is 0 Å². The first kappa shape index (κ1) is 17.9. The van der Waals surface area contributed by atoms with Gasteiger partial charge in [0.05, 0.1) is 42.0 Å². The van der Waals surface area contributed by atoms with Crippen molar-refractivity contribution in [2.45, 2.75) is 39.2 Å². The Morgan fingerprint density at radius 1 is 1.08 bits per heavy atom. The number of morpholine rings is 1. The highest BCUT2D eigenvalue weighted by Gasteiger charge is 2.19. The fourth-order valence-electron chi connectivity index (χ4n) is 3.85. The maximum atomic E-state index is 5.46. The summed E-state index contributed by atoms with van der Waals surface area (Å²) in [5.41, 5.74) is 2.31. The summed E-state index contributed by atoms with van der Waals surface area (Å²) in [4.78, 5) is 15.4. The number of likely N-dealkylation sites (tertiary alicyclic amines) is 1. The van der Waals surface area contributed by atoms with E-state index in [9.17, 15) is 0 Å². The fraction of sp³-hybridized carbons (Fsp3) is 0.684. The Bertz CT molecular complexity index is 701. The zero-order valence-electron chi connectivity index (χ0n) is 15.7. The Kier molecular flexibility index (Phi) is 5.87. The van der Waals surface area contributed by atoms with Crippen LogP contribution in [0, 0.1) is 6.92 Å². The minimum absolute atomic E-state index is 0.794. The molecule has 0 spiro atoms. The molecule has 4 rings (SSSR count). The van der Waals surface area contributed by atoms with Crippen molar-refractivity contribution in [3.8, 4) is 10.6 Å². The summed E-state index contributed by atoms with van der Waals surface area (Å²) >= 11 is 1.79. The van der Waals surface area contributed by atoms with Crippen LogP contribution in [-0.4, -0.2) is 65.4 Å². The van der Waals surface area contributed by atoms with Crippen molar-refractivity contribution in [3.63, 3.8) is 0 Å². The number of aryl methyl sites for hydroxylation is 2. The molecule has 2 aliphatic rings. The molecular formula is C19H29N5OS. The summed E-state index contributed by atoms with van der Waals surface area (Å²) in [6.45, 7) is 10.3. The highest BCUT2D eigenvalue weighted by molar-refractivity contribution is 7.19. The van der Waals surface area contributed by atoms with Gasteiger partial charge >= 0.3 is 0 Å². The molecule has 0 aromatic carbocycles. The molecule has 0 N–H and O–H groups in total. The summed E-state index contributed by atoms with van der Waals surface area (Å²) in [6.07, 6.45) is 9.26. The summed E-state index contributed by atoms with van der Waals surface area (Å²) in [5.74, 6) is 0. The summed E-state index contributed by atoms with van der Waals surface area (Å²) in [6, 6.07) is 0. The predicted octanol–water partition coefficient (Wildman–Crippen LogP) is 3.03. The molecule has 2 aromatic rings. The number of thiazole rings is 1. The lowest BCUT2D eigenvalue weighted by Gasteiger charge is -2.26. The number of ether oxygens (including phenoxy) is 1. The lowest BCUT2D eigenvalue weighted by molar-refractivity contribution is 0.122. The van der Waals surface area contributed by atoms with Crippen LogP contribution >= 0.6 is 11.3 Å². The summed E-state index contributed by atoms with van der Waals surface area (Å²) < 4.78 is 7.76. The van der Waals surface area contributed by atoms with Crippen LogP contribution in [-0.2, 0) is 11.3 Å². The average Bonchev–Trinajstić information content (AvgIpc) is 3.29. The number of hydrogen-bond donors (Lipinski definition) is 0. The largest absolute Gasteiger partial charge is 0.378 e. The average molecular weight is 376 g/mol. The lowest BCUT2D eigenvalue weighted by atomic mass is 10.1. The van der Waals surface area contributed by atoms with Crippen LogP contribution in [0.4, 0.5) is 5.13 Å². The zero-order valence-corrected chi connectivity index (χ0v) is 16.5. The Hall–Kier alpha value is -1.44. The van der Waals surface area contributed by atoms with Crippen molar-refractivity contribution in [2.75, 3.05) is 50.8 Å². The molecule has 2 saturated heterocycles. The number of piperidine rings is 1. The number of imidazole rings is 1. The molecule has 142 valence electrons. The molecule has 0 atom stereocenters. The van der Waals surface area contributed by atoms with Gasteiger partial charge in [-0.25, -0.2) is 9.97 Å². The van der Waals surface area contributed by atoms with Crippen molar-refractivity contribution in [1.82, 2.24) is 19.4 Å². The Morgan fingerprint density at radius 3 is 2.69 bits per heavy atom. The first-order valence-electron chi connectivity index (χ1n) is 9.84. The number of rotatable bonds is 6. The molecule has 4 heterocycles. The van der Waals surface area contributed by atoms with Gasteiger partial charge in [0.25, 0.3) is 0 Å². The monoisotopic (exact) mass is 375 g/mol.